The van der Waals surface area contributed by atoms with Crippen molar-refractivity contribution in [3.05, 3.63) is 21.7 Å². The van der Waals surface area contributed by atoms with Gasteiger partial charge < -0.3 is 20.7 Å². The molecule has 1 amide bonds. The Morgan fingerprint density at radius 1 is 1.30 bits per heavy atom. The second-order valence-corrected chi connectivity index (χ2v) is 6.98. The molecule has 3 N–H and O–H groups in total. The molecule has 3 fully saturated rings. The lowest BCUT2D eigenvalue weighted by Gasteiger charge is -2.45. The number of carbonyl (C=O) groups is 1. The normalized spacial score (nSPS) is 26.2. The summed E-state index contributed by atoms with van der Waals surface area (Å²) in [6, 6.07) is 0.200. The highest BCUT2D eigenvalue weighted by Crippen LogP contribution is 2.38. The van der Waals surface area contributed by atoms with Crippen molar-refractivity contribution >= 4 is 23.2 Å². The number of methoxy groups -OCH3 is 1. The molecule has 126 valence electrons. The molecule has 1 aromatic carbocycles. The van der Waals surface area contributed by atoms with Gasteiger partial charge in [0.25, 0.3) is 5.91 Å². The minimum atomic E-state index is -0.122. The van der Waals surface area contributed by atoms with Crippen LogP contribution < -0.4 is 15.8 Å². The van der Waals surface area contributed by atoms with Crippen LogP contribution in [0.4, 0.5) is 5.69 Å². The Kier molecular flexibility index (Phi) is 4.43. The lowest BCUT2D eigenvalue weighted by molar-refractivity contribution is 0.0618. The van der Waals surface area contributed by atoms with Crippen LogP contribution in [-0.2, 0) is 0 Å². The van der Waals surface area contributed by atoms with Crippen molar-refractivity contribution < 1.29 is 9.53 Å². The number of anilines is 1. The summed E-state index contributed by atoms with van der Waals surface area (Å²) in [7, 11) is 1.56. The predicted molar refractivity (Wildman–Crippen MR) is 92.3 cm³/mol. The molecule has 4 rings (SSSR count). The summed E-state index contributed by atoms with van der Waals surface area (Å²) in [5, 5.41) is 3.63. The van der Waals surface area contributed by atoms with E-state index in [2.05, 4.69) is 10.2 Å². The van der Waals surface area contributed by atoms with Crippen molar-refractivity contribution in [2.75, 3.05) is 32.5 Å². The van der Waals surface area contributed by atoms with Gasteiger partial charge >= 0.3 is 0 Å². The molecule has 2 bridgehead atoms. The van der Waals surface area contributed by atoms with Gasteiger partial charge in [0.05, 0.1) is 23.4 Å². The Morgan fingerprint density at radius 3 is 2.48 bits per heavy atom. The van der Waals surface area contributed by atoms with E-state index >= 15 is 0 Å². The third kappa shape index (κ3) is 2.76. The number of benzene rings is 1. The van der Waals surface area contributed by atoms with E-state index in [0.717, 1.165) is 32.5 Å². The summed E-state index contributed by atoms with van der Waals surface area (Å²) in [6.45, 7) is 6.86. The molecule has 1 atom stereocenters. The van der Waals surface area contributed by atoms with Crippen LogP contribution >= 0.6 is 11.6 Å². The second-order valence-electron chi connectivity index (χ2n) is 6.60. The van der Waals surface area contributed by atoms with E-state index in [1.807, 2.05) is 13.8 Å². The monoisotopic (exact) mass is 337 g/mol. The zero-order chi connectivity index (χ0) is 16.7. The standard InChI is InChI=1S/C17H24ClN3O2/c1-9-13(16(23-3)10(2)15(19)14(9)18)17(22)20-12-8-21-6-4-11(12)5-7-21/h11-12H,4-8,19H2,1-3H3,(H,20,22). The number of amides is 1. The van der Waals surface area contributed by atoms with E-state index in [9.17, 15) is 4.79 Å². The smallest absolute Gasteiger partial charge is 0.255 e. The third-order valence-electron chi connectivity index (χ3n) is 5.32. The summed E-state index contributed by atoms with van der Waals surface area (Å²) in [5.41, 5.74) is 8.37. The summed E-state index contributed by atoms with van der Waals surface area (Å²) in [5.74, 6) is 0.965. The number of ether oxygens (including phenoxy) is 1. The number of carbonyl (C=O) groups excluding carboxylic acids is 1. The van der Waals surface area contributed by atoms with Crippen LogP contribution in [0.3, 0.4) is 0 Å². The van der Waals surface area contributed by atoms with Crippen LogP contribution in [0.2, 0.25) is 5.02 Å². The van der Waals surface area contributed by atoms with Crippen LogP contribution in [0.15, 0.2) is 0 Å². The van der Waals surface area contributed by atoms with Crippen LogP contribution in [0.5, 0.6) is 5.75 Å². The Bertz CT molecular complexity index is 639. The van der Waals surface area contributed by atoms with Gasteiger partial charge in [0.1, 0.15) is 5.75 Å². The highest BCUT2D eigenvalue weighted by Gasteiger charge is 2.36. The van der Waals surface area contributed by atoms with Gasteiger partial charge in [0.15, 0.2) is 0 Å². The van der Waals surface area contributed by atoms with Crippen molar-refractivity contribution in [1.29, 1.82) is 0 Å². The molecule has 0 aromatic heterocycles. The summed E-state index contributed by atoms with van der Waals surface area (Å²) in [4.78, 5) is 15.3. The maximum absolute atomic E-state index is 12.9. The maximum atomic E-state index is 12.9. The Morgan fingerprint density at radius 2 is 1.96 bits per heavy atom. The van der Waals surface area contributed by atoms with Crippen LogP contribution in [0.1, 0.15) is 34.3 Å². The molecule has 1 unspecified atom stereocenters. The minimum Gasteiger partial charge on any atom is -0.496 e. The number of hydrogen-bond acceptors (Lipinski definition) is 4. The van der Waals surface area contributed by atoms with E-state index in [0.29, 0.717) is 39.1 Å². The van der Waals surface area contributed by atoms with Gasteiger partial charge in [-0.25, -0.2) is 0 Å². The Balaban J connectivity index is 1.90. The zero-order valence-corrected chi connectivity index (χ0v) is 14.7. The van der Waals surface area contributed by atoms with Crippen LogP contribution in [0, 0.1) is 19.8 Å². The molecule has 0 aliphatic carbocycles. The average molecular weight is 338 g/mol. The predicted octanol–water partition coefficient (Wildman–Crippen LogP) is 2.37. The van der Waals surface area contributed by atoms with Gasteiger partial charge in [-0.3, -0.25) is 4.79 Å². The fraction of sp³-hybridized carbons (Fsp3) is 0.588. The van der Waals surface area contributed by atoms with E-state index in [1.54, 1.807) is 7.11 Å². The summed E-state index contributed by atoms with van der Waals surface area (Å²) < 4.78 is 5.46. The number of hydrogen-bond donors (Lipinski definition) is 2. The molecule has 3 saturated heterocycles. The van der Waals surface area contributed by atoms with Crippen molar-refractivity contribution in [3.63, 3.8) is 0 Å². The first kappa shape index (κ1) is 16.4. The molecule has 5 nitrogen and oxygen atoms in total. The number of piperidine rings is 3. The van der Waals surface area contributed by atoms with Gasteiger partial charge in [-0.15, -0.1) is 0 Å². The van der Waals surface area contributed by atoms with Crippen molar-refractivity contribution in [2.45, 2.75) is 32.7 Å². The number of rotatable bonds is 3. The molecule has 6 heteroatoms. The number of nitrogens with zero attached hydrogens (tertiary/aromatic N) is 1. The SMILES string of the molecule is COc1c(C)c(N)c(Cl)c(C)c1C(=O)NC1CN2CCC1CC2. The van der Waals surface area contributed by atoms with Gasteiger partial charge in [-0.2, -0.15) is 0 Å². The molecular formula is C17H24ClN3O2. The quantitative estimate of drug-likeness (QED) is 0.831. The zero-order valence-electron chi connectivity index (χ0n) is 13.9. The Hall–Kier alpha value is -1.46. The lowest BCUT2D eigenvalue weighted by atomic mass is 9.84. The lowest BCUT2D eigenvalue weighted by Crippen LogP contribution is -2.57. The molecule has 23 heavy (non-hydrogen) atoms. The molecule has 3 aliphatic heterocycles. The van der Waals surface area contributed by atoms with Gasteiger partial charge in [0, 0.05) is 18.2 Å². The molecule has 0 radical (unpaired) electrons. The fourth-order valence-electron chi connectivity index (χ4n) is 3.85. The summed E-state index contributed by atoms with van der Waals surface area (Å²) >= 11 is 6.30. The first-order valence-electron chi connectivity index (χ1n) is 8.09. The molecule has 0 spiro atoms. The second kappa shape index (κ2) is 6.21. The molecular weight excluding hydrogens is 314 g/mol. The molecule has 3 heterocycles. The number of nitrogen functional groups attached to an aromatic ring is 1. The van der Waals surface area contributed by atoms with Gasteiger partial charge in [-0.1, -0.05) is 11.6 Å². The number of fused-ring (bicyclic) bond motifs is 3. The first-order chi connectivity index (χ1) is 10.9. The van der Waals surface area contributed by atoms with Gasteiger partial charge in [0.2, 0.25) is 0 Å². The topological polar surface area (TPSA) is 67.6 Å². The number of nitrogens with one attached hydrogen (secondary N) is 1. The average Bonchev–Trinajstić information content (AvgIpc) is 2.57. The Labute approximate surface area is 142 Å². The first-order valence-corrected chi connectivity index (χ1v) is 8.47. The van der Waals surface area contributed by atoms with Crippen LogP contribution in [-0.4, -0.2) is 43.6 Å². The largest absolute Gasteiger partial charge is 0.496 e. The third-order valence-corrected chi connectivity index (χ3v) is 5.80. The molecule has 1 aromatic rings. The van der Waals surface area contributed by atoms with Crippen molar-refractivity contribution in [3.8, 4) is 5.75 Å². The highest BCUT2D eigenvalue weighted by molar-refractivity contribution is 6.34. The highest BCUT2D eigenvalue weighted by atomic mass is 35.5. The van der Waals surface area contributed by atoms with E-state index in [4.69, 9.17) is 22.1 Å². The molecule has 0 saturated carbocycles. The van der Waals surface area contributed by atoms with Crippen molar-refractivity contribution in [2.24, 2.45) is 5.92 Å². The van der Waals surface area contributed by atoms with E-state index in [1.165, 1.54) is 0 Å². The van der Waals surface area contributed by atoms with Crippen LogP contribution in [0.25, 0.3) is 0 Å². The van der Waals surface area contributed by atoms with Crippen molar-refractivity contribution in [1.82, 2.24) is 10.2 Å². The minimum absolute atomic E-state index is 0.122. The number of nitrogens with two attached hydrogens (primary N) is 1. The number of halogens is 1. The van der Waals surface area contributed by atoms with E-state index in [-0.39, 0.29) is 11.9 Å². The maximum Gasteiger partial charge on any atom is 0.255 e. The van der Waals surface area contributed by atoms with Gasteiger partial charge in [-0.05, 0) is 51.3 Å². The summed E-state index contributed by atoms with van der Waals surface area (Å²) in [6.07, 6.45) is 2.31. The molecule has 3 aliphatic rings. The fourth-order valence-corrected chi connectivity index (χ4v) is 4.09. The van der Waals surface area contributed by atoms with E-state index < -0.39 is 0 Å².